The van der Waals surface area contributed by atoms with Crippen molar-refractivity contribution in [2.75, 3.05) is 23.0 Å². The number of carbonyl (C=O) groups is 4. The number of para-hydroxylation sites is 1. The smallest absolute Gasteiger partial charge is 0.335 e. The summed E-state index contributed by atoms with van der Waals surface area (Å²) in [6.07, 6.45) is 3.81. The molecule has 0 N–H and O–H groups in total. The molecule has 4 aliphatic heterocycles. The molecule has 9 nitrogen and oxygen atoms in total. The summed E-state index contributed by atoms with van der Waals surface area (Å²) in [7, 11) is 0. The number of hydrogen-bond acceptors (Lipinski definition) is 8. The zero-order chi connectivity index (χ0) is 27.5. The molecule has 2 fully saturated rings. The van der Waals surface area contributed by atoms with Gasteiger partial charge in [-0.1, -0.05) is 30.4 Å². The lowest BCUT2D eigenvalue weighted by Gasteiger charge is -2.36. The Morgan fingerprint density at radius 3 is 2.38 bits per heavy atom. The quantitative estimate of drug-likeness (QED) is 0.216. The van der Waals surface area contributed by atoms with Gasteiger partial charge in [0.15, 0.2) is 17.3 Å². The molecule has 0 bridgehead atoms. The highest BCUT2D eigenvalue weighted by molar-refractivity contribution is 6.24. The third kappa shape index (κ3) is 3.61. The number of rotatable bonds is 4. The minimum Gasteiger partial charge on any atom is -0.486 e. The van der Waals surface area contributed by atoms with Crippen molar-refractivity contribution in [1.82, 2.24) is 0 Å². The number of esters is 1. The summed E-state index contributed by atoms with van der Waals surface area (Å²) in [6, 6.07) is 17.2. The van der Waals surface area contributed by atoms with Gasteiger partial charge in [0.1, 0.15) is 25.0 Å². The van der Waals surface area contributed by atoms with Crippen LogP contribution in [-0.4, -0.2) is 48.9 Å². The number of anilines is 2. The molecule has 4 aliphatic rings. The molecular weight excluding hydrogens is 512 g/mol. The number of imide groups is 1. The summed E-state index contributed by atoms with van der Waals surface area (Å²) in [6.45, 7) is 2.24. The van der Waals surface area contributed by atoms with Crippen LogP contribution < -0.4 is 24.0 Å². The van der Waals surface area contributed by atoms with Crippen LogP contribution in [0.25, 0.3) is 6.08 Å². The van der Waals surface area contributed by atoms with Crippen LogP contribution >= 0.6 is 0 Å². The second-order valence-corrected chi connectivity index (χ2v) is 10.2. The molecule has 4 heterocycles. The monoisotopic (exact) mass is 536 g/mol. The Kier molecular flexibility index (Phi) is 5.48. The number of nitrogens with zero attached hydrogens (tertiary/aromatic N) is 2. The van der Waals surface area contributed by atoms with E-state index < -0.39 is 35.8 Å². The number of ether oxygens (including phenoxy) is 3. The predicted molar refractivity (Wildman–Crippen MR) is 145 cm³/mol. The highest BCUT2D eigenvalue weighted by atomic mass is 16.6. The van der Waals surface area contributed by atoms with Crippen LogP contribution in [0.3, 0.4) is 0 Å². The van der Waals surface area contributed by atoms with Gasteiger partial charge in [-0.25, -0.2) is 9.69 Å². The maximum absolute atomic E-state index is 14.0. The van der Waals surface area contributed by atoms with E-state index in [1.54, 1.807) is 42.5 Å². The zero-order valence-electron chi connectivity index (χ0n) is 21.5. The summed E-state index contributed by atoms with van der Waals surface area (Å²) in [5.74, 6) is -2.12. The minimum absolute atomic E-state index is 0.106. The number of fused-ring (bicyclic) bond motifs is 6. The van der Waals surface area contributed by atoms with Gasteiger partial charge in [-0.3, -0.25) is 14.4 Å². The van der Waals surface area contributed by atoms with Crippen molar-refractivity contribution in [1.29, 1.82) is 0 Å². The molecule has 9 heteroatoms. The molecular formula is C31H24N2O7. The molecule has 0 radical (unpaired) electrons. The zero-order valence-corrected chi connectivity index (χ0v) is 21.5. The molecule has 200 valence electrons. The average Bonchev–Trinajstić information content (AvgIpc) is 3.45. The number of carbonyl (C=O) groups excluding carboxylic acids is 4. The van der Waals surface area contributed by atoms with E-state index in [0.717, 1.165) is 16.2 Å². The fraction of sp³-hybridized carbons (Fsp3) is 0.226. The van der Waals surface area contributed by atoms with Crippen LogP contribution in [0.5, 0.6) is 17.2 Å². The van der Waals surface area contributed by atoms with Gasteiger partial charge in [0.2, 0.25) is 11.8 Å². The van der Waals surface area contributed by atoms with Gasteiger partial charge in [0.25, 0.3) is 0 Å². The van der Waals surface area contributed by atoms with Gasteiger partial charge in [-0.2, -0.15) is 0 Å². The van der Waals surface area contributed by atoms with E-state index in [1.165, 1.54) is 6.92 Å². The van der Waals surface area contributed by atoms with E-state index in [4.69, 9.17) is 14.2 Å². The molecule has 0 aliphatic carbocycles. The second kappa shape index (κ2) is 9.08. The van der Waals surface area contributed by atoms with Crippen molar-refractivity contribution in [3.05, 3.63) is 83.9 Å². The normalized spacial score (nSPS) is 23.9. The molecule has 3 aromatic carbocycles. The van der Waals surface area contributed by atoms with E-state index in [9.17, 15) is 19.2 Å². The van der Waals surface area contributed by atoms with E-state index in [-0.39, 0.29) is 17.4 Å². The molecule has 2 saturated heterocycles. The van der Waals surface area contributed by atoms with Gasteiger partial charge in [0.05, 0.1) is 23.6 Å². The maximum atomic E-state index is 14.0. The number of hydrogen-bond donors (Lipinski definition) is 0. The van der Waals surface area contributed by atoms with Crippen LogP contribution in [0.2, 0.25) is 0 Å². The predicted octanol–water partition coefficient (Wildman–Crippen LogP) is 3.66. The molecule has 2 amide bonds. The standard InChI is InChI=1S/C31H24N2O7/c1-17(34)18-6-10-21(11-7-18)40-31(37)28-27-26(23-12-8-19-4-2-3-5-22(19)33(23)28)29(35)32(30(27)36)20-9-13-24-25(16-20)39-15-14-38-24/h2-13,16,23,26-28H,14-15H2,1H3/t23-,26+,27-,28+/m1/s1. The third-order valence-corrected chi connectivity index (χ3v) is 7.92. The SMILES string of the molecule is CC(=O)c1ccc(OC(=O)[C@@H]2[C@@H]3C(=O)N(c4ccc5c(c4)OCCO5)C(=O)[C@H]3[C@H]3C=Cc4ccccc4N32)cc1. The molecule has 0 aromatic heterocycles. The van der Waals surface area contributed by atoms with Crippen molar-refractivity contribution in [2.45, 2.75) is 19.0 Å². The van der Waals surface area contributed by atoms with Crippen LogP contribution in [0.1, 0.15) is 22.8 Å². The number of benzene rings is 3. The van der Waals surface area contributed by atoms with Crippen molar-refractivity contribution in [2.24, 2.45) is 11.8 Å². The fourth-order valence-electron chi connectivity index (χ4n) is 6.14. The first-order valence-corrected chi connectivity index (χ1v) is 13.1. The lowest BCUT2D eigenvalue weighted by molar-refractivity contribution is -0.139. The van der Waals surface area contributed by atoms with Crippen LogP contribution in [0.4, 0.5) is 11.4 Å². The number of ketones is 1. The largest absolute Gasteiger partial charge is 0.486 e. The number of Topliss-reactive ketones (excluding diaryl/α,β-unsaturated/α-hetero) is 1. The van der Waals surface area contributed by atoms with Crippen molar-refractivity contribution < 1.29 is 33.4 Å². The number of amides is 2. The van der Waals surface area contributed by atoms with Crippen LogP contribution in [0.15, 0.2) is 72.8 Å². The molecule has 4 atom stereocenters. The Bertz CT molecular complexity index is 1610. The molecule has 7 rings (SSSR count). The lowest BCUT2D eigenvalue weighted by atomic mass is 9.89. The Labute approximate surface area is 229 Å². The first kappa shape index (κ1) is 24.1. The van der Waals surface area contributed by atoms with E-state index in [0.29, 0.717) is 36.0 Å². The highest BCUT2D eigenvalue weighted by Gasteiger charge is 2.65. The lowest BCUT2D eigenvalue weighted by Crippen LogP contribution is -2.50. The summed E-state index contributed by atoms with van der Waals surface area (Å²) in [4.78, 5) is 56.5. The van der Waals surface area contributed by atoms with Crippen LogP contribution in [-0.2, 0) is 14.4 Å². The van der Waals surface area contributed by atoms with E-state index >= 15 is 0 Å². The fourth-order valence-corrected chi connectivity index (χ4v) is 6.14. The molecule has 0 saturated carbocycles. The van der Waals surface area contributed by atoms with E-state index in [1.807, 2.05) is 41.3 Å². The topological polar surface area (TPSA) is 102 Å². The Balaban J connectivity index is 1.27. The molecule has 40 heavy (non-hydrogen) atoms. The first-order chi connectivity index (χ1) is 19.4. The van der Waals surface area contributed by atoms with Crippen molar-refractivity contribution in [3.8, 4) is 17.2 Å². The minimum atomic E-state index is -1.05. The summed E-state index contributed by atoms with van der Waals surface area (Å²) in [5.41, 5.74) is 2.49. The van der Waals surface area contributed by atoms with Gasteiger partial charge in [0, 0.05) is 17.3 Å². The molecule has 0 spiro atoms. The van der Waals surface area contributed by atoms with Gasteiger partial charge in [-0.15, -0.1) is 0 Å². The summed E-state index contributed by atoms with van der Waals surface area (Å²) in [5, 5.41) is 0. The Hall–Kier alpha value is -4.92. The molecule has 3 aromatic rings. The van der Waals surface area contributed by atoms with Crippen molar-refractivity contribution >= 4 is 41.0 Å². The third-order valence-electron chi connectivity index (χ3n) is 7.92. The van der Waals surface area contributed by atoms with E-state index in [2.05, 4.69) is 0 Å². The summed E-state index contributed by atoms with van der Waals surface area (Å²) >= 11 is 0. The van der Waals surface area contributed by atoms with Gasteiger partial charge < -0.3 is 19.1 Å². The van der Waals surface area contributed by atoms with Gasteiger partial charge in [-0.05, 0) is 55.0 Å². The van der Waals surface area contributed by atoms with Crippen LogP contribution in [0, 0.1) is 11.8 Å². The average molecular weight is 537 g/mol. The maximum Gasteiger partial charge on any atom is 0.335 e. The Morgan fingerprint density at radius 2 is 1.60 bits per heavy atom. The van der Waals surface area contributed by atoms with Gasteiger partial charge >= 0.3 is 5.97 Å². The van der Waals surface area contributed by atoms with Crippen molar-refractivity contribution in [3.63, 3.8) is 0 Å². The second-order valence-electron chi connectivity index (χ2n) is 10.2. The first-order valence-electron chi connectivity index (χ1n) is 13.1. The highest BCUT2D eigenvalue weighted by Crippen LogP contribution is 2.50. The Morgan fingerprint density at radius 1 is 0.875 bits per heavy atom. The molecule has 0 unspecified atom stereocenters. The summed E-state index contributed by atoms with van der Waals surface area (Å²) < 4.78 is 17.0.